The maximum atomic E-state index is 12.7. The number of nitrogens with zero attached hydrogens (tertiary/aromatic N) is 2. The number of aromatic nitrogens is 1. The average Bonchev–Trinajstić information content (AvgIpc) is 2.88. The van der Waals surface area contributed by atoms with E-state index in [1.165, 1.54) is 6.20 Å². The van der Waals surface area contributed by atoms with E-state index in [-0.39, 0.29) is 16.3 Å². The number of piperazine rings is 1. The number of hydrogen-bond acceptors (Lipinski definition) is 6. The second-order valence-electron chi connectivity index (χ2n) is 8.18. The van der Waals surface area contributed by atoms with E-state index in [9.17, 15) is 9.59 Å². The molecule has 0 spiro atoms. The van der Waals surface area contributed by atoms with Crippen molar-refractivity contribution >= 4 is 46.3 Å². The van der Waals surface area contributed by atoms with Crippen molar-refractivity contribution in [1.82, 2.24) is 14.8 Å². The molecule has 176 valence electrons. The van der Waals surface area contributed by atoms with Gasteiger partial charge in [0.1, 0.15) is 30.5 Å². The molecule has 1 aliphatic rings. The van der Waals surface area contributed by atoms with E-state index in [2.05, 4.69) is 20.9 Å². The maximum Gasteiger partial charge on any atom is 0.333 e. The Kier molecular flexibility index (Phi) is 7.42. The van der Waals surface area contributed by atoms with Crippen LogP contribution in [0.2, 0.25) is 0 Å². The summed E-state index contributed by atoms with van der Waals surface area (Å²) in [5.74, 6) is 0.000388. The topological polar surface area (TPSA) is 109 Å². The number of nitrogens with two attached hydrogens (primary N) is 1. The zero-order chi connectivity index (χ0) is 24.0. The lowest BCUT2D eigenvalue weighted by atomic mass is 10.1. The Morgan fingerprint density at radius 3 is 2.41 bits per heavy atom. The van der Waals surface area contributed by atoms with E-state index in [4.69, 9.17) is 17.3 Å². The number of amides is 2. The van der Waals surface area contributed by atoms with Crippen molar-refractivity contribution in [3.63, 3.8) is 0 Å². The average molecular weight is 480 g/mol. The zero-order valence-electron chi connectivity index (χ0n) is 18.8. The SMILES string of the molecule is NC(=O)c1cnc(Nc2ccc([N+]3(C(=O)CCl)CCNCC3)cc2)cc1NCc1ccccc1. The minimum absolute atomic E-state index is 0.00159. The molecule has 1 aliphatic heterocycles. The first-order chi connectivity index (χ1) is 16.5. The molecule has 9 heteroatoms. The molecule has 0 aliphatic carbocycles. The quantitative estimate of drug-likeness (QED) is 0.292. The summed E-state index contributed by atoms with van der Waals surface area (Å²) in [4.78, 5) is 28.9. The van der Waals surface area contributed by atoms with Gasteiger partial charge in [0.05, 0.1) is 11.3 Å². The molecular formula is C25H28ClN6O2+. The summed E-state index contributed by atoms with van der Waals surface area (Å²) in [6.45, 7) is 3.41. The second-order valence-corrected chi connectivity index (χ2v) is 8.45. The molecule has 8 nitrogen and oxygen atoms in total. The molecule has 4 rings (SSSR count). The fraction of sp³-hybridized carbons (Fsp3) is 0.240. The van der Waals surface area contributed by atoms with E-state index in [1.54, 1.807) is 6.07 Å². The van der Waals surface area contributed by atoms with Crippen molar-refractivity contribution in [3.8, 4) is 0 Å². The molecule has 2 heterocycles. The third-order valence-corrected chi connectivity index (χ3v) is 6.29. The number of anilines is 3. The van der Waals surface area contributed by atoms with E-state index in [1.807, 2.05) is 54.6 Å². The van der Waals surface area contributed by atoms with Gasteiger partial charge >= 0.3 is 5.91 Å². The van der Waals surface area contributed by atoms with Crippen molar-refractivity contribution in [3.05, 3.63) is 78.0 Å². The highest BCUT2D eigenvalue weighted by Gasteiger charge is 2.39. The third kappa shape index (κ3) is 5.20. The van der Waals surface area contributed by atoms with Gasteiger partial charge in [-0.2, -0.15) is 0 Å². The molecule has 5 N–H and O–H groups in total. The van der Waals surface area contributed by atoms with E-state index in [0.29, 0.717) is 36.7 Å². The predicted octanol–water partition coefficient (Wildman–Crippen LogP) is 3.21. The smallest absolute Gasteiger partial charge is 0.333 e. The first-order valence-corrected chi connectivity index (χ1v) is 11.7. The summed E-state index contributed by atoms with van der Waals surface area (Å²) < 4.78 is 0.246. The molecule has 0 radical (unpaired) electrons. The molecular weight excluding hydrogens is 452 g/mol. The number of carbonyl (C=O) groups is 2. The molecule has 1 saturated heterocycles. The van der Waals surface area contributed by atoms with E-state index < -0.39 is 5.91 Å². The fourth-order valence-electron chi connectivity index (χ4n) is 4.18. The molecule has 34 heavy (non-hydrogen) atoms. The van der Waals surface area contributed by atoms with Crippen LogP contribution in [0.4, 0.5) is 22.9 Å². The summed E-state index contributed by atoms with van der Waals surface area (Å²) in [5.41, 5.74) is 9.27. The molecule has 0 saturated carbocycles. The van der Waals surface area contributed by atoms with Crippen LogP contribution in [0.1, 0.15) is 15.9 Å². The molecule has 1 aromatic heterocycles. The van der Waals surface area contributed by atoms with Crippen LogP contribution in [0.15, 0.2) is 66.9 Å². The monoisotopic (exact) mass is 479 g/mol. The molecule has 2 aromatic carbocycles. The number of pyridine rings is 1. The highest BCUT2D eigenvalue weighted by molar-refractivity contribution is 6.28. The van der Waals surface area contributed by atoms with Crippen LogP contribution in [0.5, 0.6) is 0 Å². The number of nitrogens with one attached hydrogen (secondary N) is 3. The number of alkyl halides is 1. The Labute approximate surface area is 203 Å². The normalized spacial score (nSPS) is 14.9. The highest BCUT2D eigenvalue weighted by Crippen LogP contribution is 2.28. The molecule has 0 atom stereocenters. The number of hydrogen-bond donors (Lipinski definition) is 4. The Balaban J connectivity index is 1.53. The van der Waals surface area contributed by atoms with Gasteiger partial charge in [-0.25, -0.2) is 14.3 Å². The highest BCUT2D eigenvalue weighted by atomic mass is 35.5. The maximum absolute atomic E-state index is 12.7. The minimum atomic E-state index is -0.548. The molecule has 0 unspecified atom stereocenters. The Hall–Kier alpha value is -3.46. The van der Waals surface area contributed by atoms with Crippen molar-refractivity contribution < 1.29 is 9.59 Å². The van der Waals surface area contributed by atoms with E-state index in [0.717, 1.165) is 30.0 Å². The van der Waals surface area contributed by atoms with Crippen LogP contribution in [0.25, 0.3) is 0 Å². The third-order valence-electron chi connectivity index (χ3n) is 6.06. The van der Waals surface area contributed by atoms with Gasteiger partial charge in [-0.05, 0) is 17.7 Å². The van der Waals surface area contributed by atoms with Crippen LogP contribution in [0, 0.1) is 0 Å². The van der Waals surface area contributed by atoms with Gasteiger partial charge in [0.2, 0.25) is 0 Å². The van der Waals surface area contributed by atoms with Gasteiger partial charge in [-0.3, -0.25) is 4.79 Å². The summed E-state index contributed by atoms with van der Waals surface area (Å²) in [7, 11) is 0. The van der Waals surface area contributed by atoms with Crippen molar-refractivity contribution in [2.45, 2.75) is 6.54 Å². The first kappa shape index (κ1) is 23.7. The Morgan fingerprint density at radius 2 is 1.76 bits per heavy atom. The zero-order valence-corrected chi connectivity index (χ0v) is 19.5. The second kappa shape index (κ2) is 10.6. The number of quaternary nitrogens is 1. The van der Waals surface area contributed by atoms with Crippen LogP contribution >= 0.6 is 11.6 Å². The first-order valence-electron chi connectivity index (χ1n) is 11.1. The van der Waals surface area contributed by atoms with Gasteiger partial charge in [0.25, 0.3) is 5.91 Å². The van der Waals surface area contributed by atoms with Gasteiger partial charge in [-0.1, -0.05) is 30.3 Å². The minimum Gasteiger partial charge on any atom is -0.380 e. The number of halogens is 1. The van der Waals surface area contributed by atoms with E-state index >= 15 is 0 Å². The van der Waals surface area contributed by atoms with Crippen LogP contribution in [0.3, 0.4) is 0 Å². The molecule has 2 amide bonds. The van der Waals surface area contributed by atoms with Crippen molar-refractivity contribution in [2.75, 3.05) is 42.7 Å². The summed E-state index contributed by atoms with van der Waals surface area (Å²) >= 11 is 5.93. The largest absolute Gasteiger partial charge is 0.380 e. The lowest BCUT2D eigenvalue weighted by molar-refractivity contribution is -0.128. The molecule has 0 bridgehead atoms. The summed E-state index contributed by atoms with van der Waals surface area (Å²) in [6, 6.07) is 19.4. The number of benzene rings is 2. The summed E-state index contributed by atoms with van der Waals surface area (Å²) in [6.07, 6.45) is 1.46. The van der Waals surface area contributed by atoms with Crippen LogP contribution in [-0.2, 0) is 11.3 Å². The summed E-state index contributed by atoms with van der Waals surface area (Å²) in [5, 5.41) is 9.84. The van der Waals surface area contributed by atoms with Crippen LogP contribution in [-0.4, -0.2) is 48.9 Å². The lowest BCUT2D eigenvalue weighted by Gasteiger charge is -2.38. The number of rotatable bonds is 8. The molecule has 1 fully saturated rings. The fourth-order valence-corrected chi connectivity index (χ4v) is 4.41. The van der Waals surface area contributed by atoms with Gasteiger partial charge in [0.15, 0.2) is 0 Å². The number of carbonyl (C=O) groups excluding carboxylic acids is 2. The Bertz CT molecular complexity index is 1150. The van der Waals surface area contributed by atoms with Gasteiger partial charge in [0, 0.05) is 49.7 Å². The Morgan fingerprint density at radius 1 is 1.06 bits per heavy atom. The van der Waals surface area contributed by atoms with Crippen molar-refractivity contribution in [2.24, 2.45) is 5.73 Å². The number of primary amides is 1. The molecule has 3 aromatic rings. The van der Waals surface area contributed by atoms with Crippen molar-refractivity contribution in [1.29, 1.82) is 0 Å². The standard InChI is InChI=1S/C25H27ClN6O2/c26-15-24(33)32(12-10-28-11-13-32)20-8-6-19(7-9-20)31-23-14-22(21(17-30-23)25(27)34)29-16-18-4-2-1-3-5-18/h1-9,14,17,28H,10-13,15-16H2,(H3-,27,29,30,31,34)/p+1. The lowest BCUT2D eigenvalue weighted by Crippen LogP contribution is -2.63. The van der Waals surface area contributed by atoms with Gasteiger partial charge < -0.3 is 21.7 Å². The van der Waals surface area contributed by atoms with Crippen LogP contribution < -0.4 is 26.2 Å². The predicted molar refractivity (Wildman–Crippen MR) is 136 cm³/mol. The van der Waals surface area contributed by atoms with Gasteiger partial charge in [-0.15, -0.1) is 11.6 Å².